The fourth-order valence-corrected chi connectivity index (χ4v) is 5.10. The third-order valence-electron chi connectivity index (χ3n) is 4.10. The molecule has 1 aromatic carbocycles. The van der Waals surface area contributed by atoms with Crippen LogP contribution in [0.5, 0.6) is 0 Å². The molecule has 1 aromatic heterocycles. The Balaban J connectivity index is 1.73. The van der Waals surface area contributed by atoms with Crippen LogP contribution in [0.15, 0.2) is 23.6 Å². The van der Waals surface area contributed by atoms with Crippen molar-refractivity contribution in [1.29, 1.82) is 0 Å². The van der Waals surface area contributed by atoms with Gasteiger partial charge in [0.05, 0.1) is 10.5 Å². The van der Waals surface area contributed by atoms with Crippen LogP contribution in [-0.4, -0.2) is 32.2 Å². The van der Waals surface area contributed by atoms with Crippen LogP contribution in [0.1, 0.15) is 18.4 Å². The predicted molar refractivity (Wildman–Crippen MR) is 87.8 cm³/mol. The molecule has 120 valence electrons. The van der Waals surface area contributed by atoms with Crippen molar-refractivity contribution in [2.45, 2.75) is 19.4 Å². The summed E-state index contributed by atoms with van der Waals surface area (Å²) in [6, 6.07) is 5.15. The highest BCUT2D eigenvalue weighted by Gasteiger charge is 2.24. The zero-order valence-corrected chi connectivity index (χ0v) is 13.8. The Bertz CT molecular complexity index is 773. The largest absolute Gasteiger partial charge is 0.299 e. The molecule has 2 aromatic rings. The minimum Gasteiger partial charge on any atom is -0.299 e. The average Bonchev–Trinajstić information content (AvgIpc) is 2.82. The summed E-state index contributed by atoms with van der Waals surface area (Å²) in [5.74, 6) is -0.0485. The summed E-state index contributed by atoms with van der Waals surface area (Å²) in [5, 5.41) is 8.11. The lowest BCUT2D eigenvalue weighted by molar-refractivity contribution is 0.178. The van der Waals surface area contributed by atoms with Gasteiger partial charge >= 0.3 is 0 Å². The van der Waals surface area contributed by atoms with Crippen molar-refractivity contribution in [3.05, 3.63) is 35.0 Å². The number of halogens is 1. The van der Waals surface area contributed by atoms with Gasteiger partial charge in [-0.05, 0) is 47.7 Å². The molecule has 4 nitrogen and oxygen atoms in total. The summed E-state index contributed by atoms with van der Waals surface area (Å²) in [5.41, 5.74) is 1.11. The van der Waals surface area contributed by atoms with Crippen molar-refractivity contribution < 1.29 is 12.8 Å². The van der Waals surface area contributed by atoms with Crippen LogP contribution >= 0.6 is 11.3 Å². The smallest absolute Gasteiger partial charge is 0.209 e. The lowest BCUT2D eigenvalue weighted by Crippen LogP contribution is -2.38. The first kappa shape index (κ1) is 15.9. The fraction of sp³-hybridized carbons (Fsp3) is 0.467. The lowest BCUT2D eigenvalue weighted by Gasteiger charge is -2.32. The Morgan fingerprint density at radius 1 is 1.41 bits per heavy atom. The Hall–Kier alpha value is -1.02. The van der Waals surface area contributed by atoms with E-state index < -0.39 is 10.0 Å². The maximum Gasteiger partial charge on any atom is 0.209 e. The van der Waals surface area contributed by atoms with E-state index in [4.69, 9.17) is 5.14 Å². The number of nitrogens with zero attached hydrogens (tertiary/aromatic N) is 1. The second kappa shape index (κ2) is 6.23. The minimum atomic E-state index is -3.42. The minimum absolute atomic E-state index is 0.0442. The molecule has 0 bridgehead atoms. The van der Waals surface area contributed by atoms with E-state index in [-0.39, 0.29) is 17.5 Å². The first-order valence-corrected chi connectivity index (χ1v) is 9.89. The highest BCUT2D eigenvalue weighted by molar-refractivity contribution is 7.89. The molecule has 0 spiro atoms. The Morgan fingerprint density at radius 2 is 2.23 bits per heavy atom. The first-order valence-electron chi connectivity index (χ1n) is 7.30. The van der Waals surface area contributed by atoms with Crippen LogP contribution in [0, 0.1) is 11.7 Å². The maximum atomic E-state index is 13.7. The van der Waals surface area contributed by atoms with Gasteiger partial charge in [0.2, 0.25) is 10.0 Å². The number of piperidine rings is 1. The Labute approximate surface area is 133 Å². The summed E-state index contributed by atoms with van der Waals surface area (Å²) in [4.78, 5) is 2.24. The summed E-state index contributed by atoms with van der Waals surface area (Å²) < 4.78 is 36.9. The number of likely N-dealkylation sites (tertiary alicyclic amines) is 1. The molecular weight excluding hydrogens is 323 g/mol. The van der Waals surface area contributed by atoms with Gasteiger partial charge < -0.3 is 0 Å². The number of nitrogens with two attached hydrogens (primary N) is 1. The average molecular weight is 342 g/mol. The van der Waals surface area contributed by atoms with E-state index in [1.165, 1.54) is 17.4 Å². The number of sulfonamides is 1. The summed E-state index contributed by atoms with van der Waals surface area (Å²) >= 11 is 1.42. The number of hydrogen-bond acceptors (Lipinski definition) is 4. The van der Waals surface area contributed by atoms with Gasteiger partial charge in [-0.1, -0.05) is 12.1 Å². The highest BCUT2D eigenvalue weighted by atomic mass is 32.2. The zero-order chi connectivity index (χ0) is 15.7. The number of primary sulfonamides is 1. The number of thiophene rings is 1. The van der Waals surface area contributed by atoms with Crippen LogP contribution in [-0.2, 0) is 16.6 Å². The van der Waals surface area contributed by atoms with E-state index in [0.29, 0.717) is 4.70 Å². The van der Waals surface area contributed by atoms with Gasteiger partial charge in [-0.2, -0.15) is 0 Å². The lowest BCUT2D eigenvalue weighted by atomic mass is 9.99. The van der Waals surface area contributed by atoms with E-state index in [0.717, 1.165) is 43.4 Å². The monoisotopic (exact) mass is 342 g/mol. The third-order valence-corrected chi connectivity index (χ3v) is 6.09. The number of benzene rings is 1. The summed E-state index contributed by atoms with van der Waals surface area (Å²) in [7, 11) is -3.42. The van der Waals surface area contributed by atoms with Gasteiger partial charge in [0.15, 0.2) is 0 Å². The van der Waals surface area contributed by atoms with E-state index in [1.807, 2.05) is 11.4 Å². The molecule has 2 heterocycles. The van der Waals surface area contributed by atoms with E-state index >= 15 is 0 Å². The van der Waals surface area contributed by atoms with E-state index in [9.17, 15) is 12.8 Å². The molecule has 0 amide bonds. The SMILES string of the molecule is NS(=O)(=O)CC1CCCN(Cc2csc3c(F)cccc23)C1. The standard InChI is InChI=1S/C15H19FN2O2S2/c16-14-5-1-4-13-12(9-21-15(13)14)8-18-6-2-3-11(7-18)10-22(17,19)20/h1,4-5,9,11H,2-3,6-8,10H2,(H2,17,19,20). The molecule has 1 atom stereocenters. The van der Waals surface area contributed by atoms with Crippen LogP contribution in [0.3, 0.4) is 0 Å². The van der Waals surface area contributed by atoms with Crippen LogP contribution < -0.4 is 5.14 Å². The van der Waals surface area contributed by atoms with Gasteiger partial charge in [-0.3, -0.25) is 4.90 Å². The molecule has 1 aliphatic heterocycles. The predicted octanol–water partition coefficient (Wildman–Crippen LogP) is 2.54. The van der Waals surface area contributed by atoms with Gasteiger partial charge in [0.1, 0.15) is 5.82 Å². The molecule has 7 heteroatoms. The van der Waals surface area contributed by atoms with Gasteiger partial charge in [0, 0.05) is 13.1 Å². The fourth-order valence-electron chi connectivity index (χ4n) is 3.20. The summed E-state index contributed by atoms with van der Waals surface area (Å²) in [6.07, 6.45) is 1.86. The van der Waals surface area contributed by atoms with Crippen molar-refractivity contribution in [2.24, 2.45) is 11.1 Å². The van der Waals surface area contributed by atoms with Crippen LogP contribution in [0.2, 0.25) is 0 Å². The van der Waals surface area contributed by atoms with Crippen molar-refractivity contribution in [3.63, 3.8) is 0 Å². The molecule has 1 saturated heterocycles. The van der Waals surface area contributed by atoms with Crippen LogP contribution in [0.25, 0.3) is 10.1 Å². The van der Waals surface area contributed by atoms with Gasteiger partial charge in [-0.25, -0.2) is 17.9 Å². The Kier molecular flexibility index (Phi) is 4.49. The number of fused-ring (bicyclic) bond motifs is 1. The first-order chi connectivity index (χ1) is 10.4. The number of hydrogen-bond donors (Lipinski definition) is 1. The molecule has 0 saturated carbocycles. The van der Waals surface area contributed by atoms with Crippen molar-refractivity contribution in [1.82, 2.24) is 4.90 Å². The topological polar surface area (TPSA) is 63.4 Å². The van der Waals surface area contributed by atoms with E-state index in [2.05, 4.69) is 4.90 Å². The van der Waals surface area contributed by atoms with E-state index in [1.54, 1.807) is 6.07 Å². The van der Waals surface area contributed by atoms with Crippen molar-refractivity contribution in [2.75, 3.05) is 18.8 Å². The Morgan fingerprint density at radius 3 is 3.00 bits per heavy atom. The normalized spacial score (nSPS) is 20.5. The molecule has 1 aliphatic rings. The second-order valence-electron chi connectivity index (χ2n) is 5.95. The van der Waals surface area contributed by atoms with Crippen molar-refractivity contribution >= 4 is 31.4 Å². The maximum absolute atomic E-state index is 13.7. The van der Waals surface area contributed by atoms with Crippen LogP contribution in [0.4, 0.5) is 4.39 Å². The molecule has 0 radical (unpaired) electrons. The molecule has 3 rings (SSSR count). The molecule has 2 N–H and O–H groups in total. The van der Waals surface area contributed by atoms with Crippen molar-refractivity contribution in [3.8, 4) is 0 Å². The highest BCUT2D eigenvalue weighted by Crippen LogP contribution is 2.30. The molecule has 1 unspecified atom stereocenters. The van der Waals surface area contributed by atoms with Gasteiger partial charge in [-0.15, -0.1) is 11.3 Å². The quantitative estimate of drug-likeness (QED) is 0.929. The zero-order valence-electron chi connectivity index (χ0n) is 12.2. The second-order valence-corrected chi connectivity index (χ2v) is 8.49. The number of rotatable bonds is 4. The molecule has 22 heavy (non-hydrogen) atoms. The summed E-state index contributed by atoms with van der Waals surface area (Å²) in [6.45, 7) is 2.39. The van der Waals surface area contributed by atoms with Gasteiger partial charge in [0.25, 0.3) is 0 Å². The molecule has 0 aliphatic carbocycles. The third kappa shape index (κ3) is 3.65. The molecular formula is C15H19FN2O2S2. The molecule has 1 fully saturated rings.